The molecule has 1 saturated heterocycles. The highest BCUT2D eigenvalue weighted by Crippen LogP contribution is 2.17. The van der Waals surface area contributed by atoms with Gasteiger partial charge in [-0.15, -0.1) is 0 Å². The summed E-state index contributed by atoms with van der Waals surface area (Å²) in [6.07, 6.45) is 0.445. The monoisotopic (exact) mass is 398 g/mol. The third-order valence-corrected chi connectivity index (χ3v) is 4.80. The number of nitrogens with one attached hydrogen (secondary N) is 2. The fourth-order valence-corrected chi connectivity index (χ4v) is 3.25. The minimum atomic E-state index is -0.371. The Bertz CT molecular complexity index is 837. The third kappa shape index (κ3) is 6.63. The van der Waals surface area contributed by atoms with Crippen molar-refractivity contribution in [1.29, 1.82) is 0 Å². The highest BCUT2D eigenvalue weighted by Gasteiger charge is 2.13. The Balaban J connectivity index is 1.46. The van der Waals surface area contributed by atoms with E-state index >= 15 is 0 Å². The number of nitro benzene ring substituents is 1. The quantitative estimate of drug-likeness (QED) is 0.498. The van der Waals surface area contributed by atoms with E-state index in [1.807, 2.05) is 24.3 Å². The van der Waals surface area contributed by atoms with Crippen molar-refractivity contribution >= 4 is 17.3 Å². The lowest BCUT2D eigenvalue weighted by atomic mass is 10.1. The summed E-state index contributed by atoms with van der Waals surface area (Å²) in [4.78, 5) is 25.2. The molecule has 2 N–H and O–H groups in total. The molecule has 154 valence electrons. The Labute approximate surface area is 170 Å². The number of ether oxygens (including phenoxy) is 1. The molecule has 8 heteroatoms. The van der Waals surface area contributed by atoms with E-state index in [0.717, 1.165) is 44.1 Å². The number of morpholine rings is 1. The molecule has 8 nitrogen and oxygen atoms in total. The average molecular weight is 398 g/mol. The van der Waals surface area contributed by atoms with E-state index in [2.05, 4.69) is 15.5 Å². The van der Waals surface area contributed by atoms with Crippen molar-refractivity contribution in [2.75, 3.05) is 38.2 Å². The molecule has 1 heterocycles. The second kappa shape index (κ2) is 10.7. The van der Waals surface area contributed by atoms with Crippen molar-refractivity contribution in [2.45, 2.75) is 19.5 Å². The molecule has 1 aliphatic heterocycles. The van der Waals surface area contributed by atoms with Gasteiger partial charge in [0.25, 0.3) is 5.69 Å². The van der Waals surface area contributed by atoms with Crippen LogP contribution in [-0.2, 0) is 22.6 Å². The molecule has 0 aromatic heterocycles. The van der Waals surface area contributed by atoms with Crippen molar-refractivity contribution < 1.29 is 14.5 Å². The summed E-state index contributed by atoms with van der Waals surface area (Å²) in [5.41, 5.74) is 2.50. The first-order valence-corrected chi connectivity index (χ1v) is 9.74. The maximum Gasteiger partial charge on any atom is 0.273 e. The minimum absolute atomic E-state index is 0.0125. The number of carbonyl (C=O) groups excluding carboxylic acids is 1. The van der Waals surface area contributed by atoms with E-state index < -0.39 is 0 Å². The molecule has 0 saturated carbocycles. The van der Waals surface area contributed by atoms with E-state index in [0.29, 0.717) is 25.1 Å². The molecule has 29 heavy (non-hydrogen) atoms. The van der Waals surface area contributed by atoms with Crippen LogP contribution >= 0.6 is 0 Å². The molecule has 3 rings (SSSR count). The molecule has 1 amide bonds. The van der Waals surface area contributed by atoms with Crippen LogP contribution in [0.15, 0.2) is 48.5 Å². The van der Waals surface area contributed by atoms with Gasteiger partial charge in [0, 0.05) is 56.5 Å². The maximum atomic E-state index is 12.2. The van der Waals surface area contributed by atoms with Crippen LogP contribution < -0.4 is 10.6 Å². The van der Waals surface area contributed by atoms with Crippen molar-refractivity contribution in [1.82, 2.24) is 10.2 Å². The van der Waals surface area contributed by atoms with E-state index in [9.17, 15) is 14.9 Å². The molecule has 0 atom stereocenters. The number of para-hydroxylation sites is 1. The SMILES string of the molecule is O=C(CCN1CCOCC1)Nc1cccc(CNCc2ccccc2[N+](=O)[O-])c1. The lowest BCUT2D eigenvalue weighted by molar-refractivity contribution is -0.385. The molecule has 0 radical (unpaired) electrons. The van der Waals surface area contributed by atoms with E-state index in [1.165, 1.54) is 6.07 Å². The van der Waals surface area contributed by atoms with Gasteiger partial charge in [0.15, 0.2) is 0 Å². The molecular weight excluding hydrogens is 372 g/mol. The fourth-order valence-electron chi connectivity index (χ4n) is 3.25. The number of amides is 1. The normalized spacial score (nSPS) is 14.5. The van der Waals surface area contributed by atoms with Crippen LogP contribution in [0.5, 0.6) is 0 Å². The summed E-state index contributed by atoms with van der Waals surface area (Å²) in [6.45, 7) is 4.86. The van der Waals surface area contributed by atoms with Gasteiger partial charge in [-0.1, -0.05) is 30.3 Å². The topological polar surface area (TPSA) is 96.7 Å². The number of benzene rings is 2. The van der Waals surface area contributed by atoms with Crippen LogP contribution in [0.3, 0.4) is 0 Å². The Kier molecular flexibility index (Phi) is 7.69. The summed E-state index contributed by atoms with van der Waals surface area (Å²) in [6, 6.07) is 14.3. The van der Waals surface area contributed by atoms with Crippen molar-refractivity contribution in [3.63, 3.8) is 0 Å². The highest BCUT2D eigenvalue weighted by atomic mass is 16.6. The maximum absolute atomic E-state index is 12.2. The molecule has 0 spiro atoms. The number of rotatable bonds is 9. The predicted octanol–water partition coefficient (Wildman–Crippen LogP) is 2.55. The lowest BCUT2D eigenvalue weighted by Gasteiger charge is -2.26. The van der Waals surface area contributed by atoms with Crippen LogP contribution in [0.2, 0.25) is 0 Å². The van der Waals surface area contributed by atoms with Gasteiger partial charge in [0.2, 0.25) is 5.91 Å². The fraction of sp³-hybridized carbons (Fsp3) is 0.381. The summed E-state index contributed by atoms with van der Waals surface area (Å²) < 4.78 is 5.31. The van der Waals surface area contributed by atoms with Crippen LogP contribution in [-0.4, -0.2) is 48.6 Å². The van der Waals surface area contributed by atoms with Gasteiger partial charge in [0.05, 0.1) is 18.1 Å². The number of hydrogen-bond acceptors (Lipinski definition) is 6. The van der Waals surface area contributed by atoms with Crippen molar-refractivity contribution in [3.05, 3.63) is 69.8 Å². The van der Waals surface area contributed by atoms with E-state index in [4.69, 9.17) is 4.74 Å². The highest BCUT2D eigenvalue weighted by molar-refractivity contribution is 5.90. The van der Waals surface area contributed by atoms with E-state index in [1.54, 1.807) is 18.2 Å². The molecule has 0 unspecified atom stereocenters. The zero-order valence-corrected chi connectivity index (χ0v) is 16.3. The zero-order valence-electron chi connectivity index (χ0n) is 16.3. The molecule has 1 fully saturated rings. The van der Waals surface area contributed by atoms with Crippen molar-refractivity contribution in [2.24, 2.45) is 0 Å². The average Bonchev–Trinajstić information content (AvgIpc) is 2.73. The smallest absolute Gasteiger partial charge is 0.273 e. The van der Waals surface area contributed by atoms with Gasteiger partial charge >= 0.3 is 0 Å². The Hall–Kier alpha value is -2.81. The second-order valence-corrected chi connectivity index (χ2v) is 6.94. The molecule has 0 bridgehead atoms. The first-order chi connectivity index (χ1) is 14.1. The summed E-state index contributed by atoms with van der Waals surface area (Å²) in [5, 5.41) is 17.3. The number of hydrogen-bond donors (Lipinski definition) is 2. The number of nitrogens with zero attached hydrogens (tertiary/aromatic N) is 2. The standard InChI is InChI=1S/C21H26N4O4/c26-21(8-9-24-10-12-29-13-11-24)23-19-6-3-4-17(14-19)15-22-16-18-5-1-2-7-20(18)25(27)28/h1-7,14,22H,8-13,15-16H2,(H,23,26). The Morgan fingerprint density at radius 3 is 2.69 bits per heavy atom. The van der Waals surface area contributed by atoms with Crippen LogP contribution in [0.25, 0.3) is 0 Å². The zero-order chi connectivity index (χ0) is 20.5. The van der Waals surface area contributed by atoms with Gasteiger partial charge in [-0.3, -0.25) is 19.8 Å². The number of nitro groups is 1. The number of anilines is 1. The predicted molar refractivity (Wildman–Crippen MR) is 111 cm³/mol. The van der Waals surface area contributed by atoms with Gasteiger partial charge in [-0.25, -0.2) is 0 Å². The molecule has 0 aliphatic carbocycles. The molecular formula is C21H26N4O4. The third-order valence-electron chi connectivity index (χ3n) is 4.80. The van der Waals surface area contributed by atoms with Gasteiger partial charge < -0.3 is 15.4 Å². The van der Waals surface area contributed by atoms with Crippen LogP contribution in [0.4, 0.5) is 11.4 Å². The molecule has 2 aromatic rings. The second-order valence-electron chi connectivity index (χ2n) is 6.94. The number of carbonyl (C=O) groups is 1. The lowest BCUT2D eigenvalue weighted by Crippen LogP contribution is -2.38. The first-order valence-electron chi connectivity index (χ1n) is 9.74. The van der Waals surface area contributed by atoms with Gasteiger partial charge in [-0.2, -0.15) is 0 Å². The van der Waals surface area contributed by atoms with Gasteiger partial charge in [0.1, 0.15) is 0 Å². The largest absolute Gasteiger partial charge is 0.379 e. The Morgan fingerprint density at radius 2 is 1.90 bits per heavy atom. The first kappa shape index (κ1) is 20.9. The summed E-state index contributed by atoms with van der Waals surface area (Å²) in [5.74, 6) is -0.0125. The van der Waals surface area contributed by atoms with E-state index in [-0.39, 0.29) is 16.5 Å². The summed E-state index contributed by atoms with van der Waals surface area (Å²) >= 11 is 0. The Morgan fingerprint density at radius 1 is 1.10 bits per heavy atom. The van der Waals surface area contributed by atoms with Crippen LogP contribution in [0, 0.1) is 10.1 Å². The minimum Gasteiger partial charge on any atom is -0.379 e. The molecule has 2 aromatic carbocycles. The van der Waals surface area contributed by atoms with Crippen molar-refractivity contribution in [3.8, 4) is 0 Å². The summed E-state index contributed by atoms with van der Waals surface area (Å²) in [7, 11) is 0. The molecule has 1 aliphatic rings. The van der Waals surface area contributed by atoms with Crippen LogP contribution in [0.1, 0.15) is 17.5 Å². The van der Waals surface area contributed by atoms with Gasteiger partial charge in [-0.05, 0) is 17.7 Å².